The minimum Gasteiger partial charge on any atom is -0.256 e. The summed E-state index contributed by atoms with van der Waals surface area (Å²) in [5.41, 5.74) is -4.38. The zero-order valence-electron chi connectivity index (χ0n) is 17.9. The van der Waals surface area contributed by atoms with Gasteiger partial charge in [-0.2, -0.15) is 26.3 Å². The average Bonchev–Trinajstić information content (AvgIpc) is 2.82. The second-order valence-corrected chi connectivity index (χ2v) is 6.99. The number of nitrogens with zero attached hydrogens (tertiary/aromatic N) is 2. The van der Waals surface area contributed by atoms with Crippen molar-refractivity contribution in [1.82, 2.24) is 9.97 Å². The molecule has 0 fully saturated rings. The fraction of sp³-hybridized carbons (Fsp3) is 0.0833. The zero-order valence-corrected chi connectivity index (χ0v) is 20.3. The summed E-state index contributed by atoms with van der Waals surface area (Å²) in [5.74, 6) is -6.90. The van der Waals surface area contributed by atoms with Gasteiger partial charge in [0.25, 0.3) is 0 Å². The summed E-state index contributed by atoms with van der Waals surface area (Å²) in [7, 11) is 0. The van der Waals surface area contributed by atoms with Gasteiger partial charge in [0.05, 0.1) is 11.4 Å². The molecule has 0 spiro atoms. The predicted molar refractivity (Wildman–Crippen MR) is 109 cm³/mol. The van der Waals surface area contributed by atoms with Gasteiger partial charge in [0, 0.05) is 23.5 Å². The van der Waals surface area contributed by atoms with E-state index in [9.17, 15) is 43.9 Å². The van der Waals surface area contributed by atoms with Gasteiger partial charge in [-0.25, -0.2) is 17.6 Å². The molecule has 0 N–H and O–H groups in total. The fourth-order valence-corrected chi connectivity index (χ4v) is 3.13. The Morgan fingerprint density at radius 1 is 0.486 bits per heavy atom. The maximum absolute atomic E-state index is 13.3. The molecule has 0 aliphatic rings. The van der Waals surface area contributed by atoms with Crippen LogP contribution in [0, 0.1) is 23.3 Å². The van der Waals surface area contributed by atoms with Crippen molar-refractivity contribution < 1.29 is 64.0 Å². The molecule has 2 nitrogen and oxygen atoms in total. The molecule has 2 heterocycles. The second-order valence-electron chi connectivity index (χ2n) is 6.99. The third kappa shape index (κ3) is 6.92. The molecule has 0 amide bonds. The fourth-order valence-electron chi connectivity index (χ4n) is 3.13. The summed E-state index contributed by atoms with van der Waals surface area (Å²) in [5, 5.41) is 0. The maximum Gasteiger partial charge on any atom is 3.00 e. The van der Waals surface area contributed by atoms with Gasteiger partial charge in [-0.3, -0.25) is 9.97 Å². The SMILES string of the molecule is Fc1ccc(-c2ccccn2)c(C(F)(F)F)c1F.Fc1ccc(-c2ccccn2)c(C(F)(F)F)c1F.[Ir+3]. The van der Waals surface area contributed by atoms with E-state index in [-0.39, 0.29) is 31.5 Å². The van der Waals surface area contributed by atoms with E-state index in [2.05, 4.69) is 9.97 Å². The summed E-state index contributed by atoms with van der Waals surface area (Å²) in [6.45, 7) is 0. The minimum atomic E-state index is -4.99. The van der Waals surface area contributed by atoms with Gasteiger partial charge in [0.1, 0.15) is 11.1 Å². The van der Waals surface area contributed by atoms with Gasteiger partial charge in [0.15, 0.2) is 23.3 Å². The van der Waals surface area contributed by atoms with Gasteiger partial charge in [-0.15, -0.1) is 0 Å². The molecular formula is C24H12F10IrN2+3. The van der Waals surface area contributed by atoms with Gasteiger partial charge >= 0.3 is 32.5 Å². The van der Waals surface area contributed by atoms with Crippen LogP contribution in [-0.2, 0) is 32.5 Å². The molecule has 2 aromatic heterocycles. The van der Waals surface area contributed by atoms with Gasteiger partial charge < -0.3 is 0 Å². The summed E-state index contributed by atoms with van der Waals surface area (Å²) < 4.78 is 129. The summed E-state index contributed by atoms with van der Waals surface area (Å²) in [6.07, 6.45) is -7.43. The van der Waals surface area contributed by atoms with Crippen LogP contribution in [0.15, 0.2) is 73.1 Å². The quantitative estimate of drug-likeness (QED) is 0.197. The van der Waals surface area contributed by atoms with Crippen molar-refractivity contribution in [1.29, 1.82) is 0 Å². The number of benzene rings is 2. The molecule has 0 saturated carbocycles. The first-order valence-electron chi connectivity index (χ1n) is 9.75. The van der Waals surface area contributed by atoms with Crippen LogP contribution >= 0.6 is 0 Å². The normalized spacial score (nSPS) is 11.3. The van der Waals surface area contributed by atoms with E-state index in [1.165, 1.54) is 48.8 Å². The average molecular weight is 711 g/mol. The Bertz CT molecular complexity index is 1240. The molecule has 0 bridgehead atoms. The van der Waals surface area contributed by atoms with Crippen LogP contribution in [0.1, 0.15) is 11.1 Å². The van der Waals surface area contributed by atoms with E-state index in [1.54, 1.807) is 0 Å². The first-order chi connectivity index (χ1) is 16.8. The molecule has 2 aromatic carbocycles. The van der Waals surface area contributed by atoms with Crippen molar-refractivity contribution in [2.75, 3.05) is 0 Å². The molecule has 4 rings (SSSR count). The standard InChI is InChI=1S/2C12H6F5N.Ir/c2*13-8-5-4-7(9-3-1-2-6-18-9)10(11(8)14)12(15,16)17;/h2*1-6H;/q;;+3. The molecule has 194 valence electrons. The van der Waals surface area contributed by atoms with Crippen LogP contribution in [0.3, 0.4) is 0 Å². The molecule has 0 aliphatic carbocycles. The number of hydrogen-bond donors (Lipinski definition) is 0. The summed E-state index contributed by atoms with van der Waals surface area (Å²) in [4.78, 5) is 7.41. The van der Waals surface area contributed by atoms with Crippen molar-refractivity contribution >= 4 is 0 Å². The molecule has 37 heavy (non-hydrogen) atoms. The topological polar surface area (TPSA) is 25.8 Å². The van der Waals surface area contributed by atoms with Gasteiger partial charge in [-0.05, 0) is 48.5 Å². The minimum absolute atomic E-state index is 0. The van der Waals surface area contributed by atoms with Crippen LogP contribution < -0.4 is 0 Å². The first kappa shape index (κ1) is 29.9. The van der Waals surface area contributed by atoms with Crippen LogP contribution in [0.5, 0.6) is 0 Å². The Labute approximate surface area is 216 Å². The Balaban J connectivity index is 0.000000253. The van der Waals surface area contributed by atoms with Crippen molar-refractivity contribution in [3.63, 3.8) is 0 Å². The third-order valence-corrected chi connectivity index (χ3v) is 4.64. The number of alkyl halides is 6. The van der Waals surface area contributed by atoms with E-state index in [0.717, 1.165) is 12.1 Å². The van der Waals surface area contributed by atoms with E-state index in [1.807, 2.05) is 0 Å². The van der Waals surface area contributed by atoms with Crippen LogP contribution in [0.25, 0.3) is 22.5 Å². The Kier molecular flexibility index (Phi) is 9.56. The maximum atomic E-state index is 13.3. The van der Waals surface area contributed by atoms with E-state index >= 15 is 0 Å². The van der Waals surface area contributed by atoms with Crippen molar-refractivity contribution in [3.8, 4) is 22.5 Å². The summed E-state index contributed by atoms with van der Waals surface area (Å²) >= 11 is 0. The van der Waals surface area contributed by atoms with Crippen LogP contribution in [0.2, 0.25) is 0 Å². The monoisotopic (exact) mass is 711 g/mol. The second kappa shape index (κ2) is 11.8. The van der Waals surface area contributed by atoms with E-state index in [4.69, 9.17) is 0 Å². The summed E-state index contributed by atoms with van der Waals surface area (Å²) in [6, 6.07) is 11.6. The smallest absolute Gasteiger partial charge is 0.256 e. The number of hydrogen-bond acceptors (Lipinski definition) is 2. The number of pyridine rings is 2. The van der Waals surface area contributed by atoms with Gasteiger partial charge in [0.2, 0.25) is 0 Å². The van der Waals surface area contributed by atoms with E-state index < -0.39 is 57.9 Å². The Morgan fingerprint density at radius 3 is 1.11 bits per heavy atom. The number of halogens is 10. The van der Waals surface area contributed by atoms with E-state index in [0.29, 0.717) is 12.1 Å². The molecule has 0 unspecified atom stereocenters. The van der Waals surface area contributed by atoms with Gasteiger partial charge in [-0.1, -0.05) is 12.1 Å². The Morgan fingerprint density at radius 2 is 0.838 bits per heavy atom. The van der Waals surface area contributed by atoms with Crippen molar-refractivity contribution in [3.05, 3.63) is 107 Å². The molecule has 0 saturated heterocycles. The van der Waals surface area contributed by atoms with Crippen molar-refractivity contribution in [2.45, 2.75) is 12.4 Å². The predicted octanol–water partition coefficient (Wildman–Crippen LogP) is 8.09. The van der Waals surface area contributed by atoms with Crippen LogP contribution in [-0.4, -0.2) is 9.97 Å². The number of aromatic nitrogens is 2. The molecule has 0 atom stereocenters. The molecular weight excluding hydrogens is 698 g/mol. The first-order valence-corrected chi connectivity index (χ1v) is 9.75. The van der Waals surface area contributed by atoms with Crippen LogP contribution in [0.4, 0.5) is 43.9 Å². The third-order valence-electron chi connectivity index (χ3n) is 4.64. The zero-order chi connectivity index (χ0) is 26.7. The molecule has 4 aromatic rings. The largest absolute Gasteiger partial charge is 3.00 e. The Hall–Kier alpha value is -3.31. The van der Waals surface area contributed by atoms with Crippen molar-refractivity contribution in [2.24, 2.45) is 0 Å². The molecule has 0 aliphatic heterocycles. The molecule has 0 radical (unpaired) electrons. The molecule has 13 heteroatoms. The number of rotatable bonds is 2.